The van der Waals surface area contributed by atoms with Gasteiger partial charge in [0.1, 0.15) is 5.75 Å². The van der Waals surface area contributed by atoms with Crippen LogP contribution in [-0.4, -0.2) is 40.4 Å². The van der Waals surface area contributed by atoms with E-state index in [9.17, 15) is 5.11 Å². The first-order chi connectivity index (χ1) is 13.6. The van der Waals surface area contributed by atoms with Gasteiger partial charge >= 0.3 is 0 Å². The molecule has 0 amide bonds. The lowest BCUT2D eigenvalue weighted by atomic mass is 9.84. The lowest BCUT2D eigenvalue weighted by molar-refractivity contribution is -0.0277. The van der Waals surface area contributed by atoms with Gasteiger partial charge < -0.3 is 9.84 Å². The van der Waals surface area contributed by atoms with Crippen molar-refractivity contribution < 1.29 is 9.84 Å². The van der Waals surface area contributed by atoms with Crippen molar-refractivity contribution in [1.29, 1.82) is 0 Å². The standard InChI is InChI=1S/C22H24ClN3O2/c1-28-20-8-2-16(3-9-20)21-17(14-24-25-21)15-26-12-10-22(27,11-13-26)18-4-6-19(23)7-5-18/h2-9,14,27H,10-13,15H2,1H3,(H,24,25). The highest BCUT2D eigenvalue weighted by Gasteiger charge is 2.34. The summed E-state index contributed by atoms with van der Waals surface area (Å²) in [6.45, 7) is 2.45. The summed E-state index contributed by atoms with van der Waals surface area (Å²) >= 11 is 5.98. The van der Waals surface area contributed by atoms with Crippen LogP contribution in [0.4, 0.5) is 0 Å². The van der Waals surface area contributed by atoms with Crippen molar-refractivity contribution in [2.24, 2.45) is 0 Å². The summed E-state index contributed by atoms with van der Waals surface area (Å²) in [5.41, 5.74) is 3.43. The molecule has 5 nitrogen and oxygen atoms in total. The van der Waals surface area contributed by atoms with Gasteiger partial charge in [0, 0.05) is 35.8 Å². The maximum Gasteiger partial charge on any atom is 0.118 e. The number of methoxy groups -OCH3 is 1. The van der Waals surface area contributed by atoms with E-state index in [1.165, 1.54) is 0 Å². The van der Waals surface area contributed by atoms with Crippen LogP contribution in [0.3, 0.4) is 0 Å². The molecule has 2 heterocycles. The fraction of sp³-hybridized carbons (Fsp3) is 0.318. The molecule has 1 fully saturated rings. The zero-order valence-corrected chi connectivity index (χ0v) is 16.6. The Balaban J connectivity index is 1.43. The zero-order chi connectivity index (χ0) is 19.6. The second-order valence-electron chi connectivity index (χ2n) is 7.31. The van der Waals surface area contributed by atoms with Crippen LogP contribution in [0.1, 0.15) is 24.0 Å². The van der Waals surface area contributed by atoms with Gasteiger partial charge in [-0.05, 0) is 54.8 Å². The number of hydrogen-bond donors (Lipinski definition) is 2. The number of H-pyrrole nitrogens is 1. The summed E-state index contributed by atoms with van der Waals surface area (Å²) in [6, 6.07) is 15.5. The smallest absolute Gasteiger partial charge is 0.118 e. The number of likely N-dealkylation sites (tertiary alicyclic amines) is 1. The first-order valence-electron chi connectivity index (χ1n) is 9.45. The number of benzene rings is 2. The van der Waals surface area contributed by atoms with Crippen LogP contribution in [-0.2, 0) is 12.1 Å². The summed E-state index contributed by atoms with van der Waals surface area (Å²) in [4.78, 5) is 2.36. The Kier molecular flexibility index (Phi) is 5.40. The maximum atomic E-state index is 11.1. The maximum absolute atomic E-state index is 11.1. The van der Waals surface area contributed by atoms with E-state index < -0.39 is 5.60 Å². The Bertz CT molecular complexity index is 914. The molecule has 1 aliphatic rings. The summed E-state index contributed by atoms with van der Waals surface area (Å²) < 4.78 is 5.24. The number of rotatable bonds is 5. The van der Waals surface area contributed by atoms with Gasteiger partial charge in [-0.3, -0.25) is 10.00 Å². The number of nitrogens with zero attached hydrogens (tertiary/aromatic N) is 2. The molecule has 28 heavy (non-hydrogen) atoms. The van der Waals surface area contributed by atoms with Gasteiger partial charge in [-0.25, -0.2) is 0 Å². The van der Waals surface area contributed by atoms with Gasteiger partial charge in [-0.1, -0.05) is 23.7 Å². The molecule has 1 saturated heterocycles. The van der Waals surface area contributed by atoms with Crippen molar-refractivity contribution >= 4 is 11.6 Å². The third-order valence-electron chi connectivity index (χ3n) is 5.56. The minimum absolute atomic E-state index is 0.691. The molecule has 2 N–H and O–H groups in total. The van der Waals surface area contributed by atoms with Gasteiger partial charge in [0.05, 0.1) is 24.6 Å². The van der Waals surface area contributed by atoms with E-state index in [1.807, 2.05) is 54.7 Å². The van der Waals surface area contributed by atoms with Crippen molar-refractivity contribution in [2.75, 3.05) is 20.2 Å². The van der Waals surface area contributed by atoms with Gasteiger partial charge in [0.15, 0.2) is 0 Å². The number of aromatic nitrogens is 2. The summed E-state index contributed by atoms with van der Waals surface area (Å²) in [5.74, 6) is 0.835. The molecule has 0 bridgehead atoms. The predicted molar refractivity (Wildman–Crippen MR) is 110 cm³/mol. The molecule has 0 unspecified atom stereocenters. The fourth-order valence-corrected chi connectivity index (χ4v) is 3.94. The van der Waals surface area contributed by atoms with Crippen LogP contribution >= 0.6 is 11.6 Å². The third kappa shape index (κ3) is 3.92. The molecular formula is C22H24ClN3O2. The Morgan fingerprint density at radius 3 is 2.43 bits per heavy atom. The van der Waals surface area contributed by atoms with Crippen LogP contribution in [0, 0.1) is 0 Å². The highest BCUT2D eigenvalue weighted by Crippen LogP contribution is 2.34. The van der Waals surface area contributed by atoms with Gasteiger partial charge in [-0.2, -0.15) is 5.10 Å². The number of aliphatic hydroxyl groups is 1. The Labute approximate surface area is 169 Å². The molecule has 0 aliphatic carbocycles. The average molecular weight is 398 g/mol. The molecule has 6 heteroatoms. The van der Waals surface area contributed by atoms with E-state index in [-0.39, 0.29) is 0 Å². The van der Waals surface area contributed by atoms with Crippen molar-refractivity contribution in [1.82, 2.24) is 15.1 Å². The molecule has 0 saturated carbocycles. The van der Waals surface area contributed by atoms with Crippen LogP contribution < -0.4 is 4.74 Å². The molecule has 0 spiro atoms. The second kappa shape index (κ2) is 7.95. The molecular weight excluding hydrogens is 374 g/mol. The van der Waals surface area contributed by atoms with Crippen molar-refractivity contribution in [3.05, 3.63) is 70.9 Å². The average Bonchev–Trinajstić information content (AvgIpc) is 3.18. The molecule has 1 aromatic heterocycles. The summed E-state index contributed by atoms with van der Waals surface area (Å²) in [6.07, 6.45) is 3.29. The zero-order valence-electron chi connectivity index (χ0n) is 15.9. The molecule has 0 radical (unpaired) electrons. The van der Waals surface area contributed by atoms with Crippen LogP contribution in [0.2, 0.25) is 5.02 Å². The predicted octanol–water partition coefficient (Wildman–Crippen LogP) is 4.22. The third-order valence-corrected chi connectivity index (χ3v) is 5.81. The highest BCUT2D eigenvalue weighted by molar-refractivity contribution is 6.30. The normalized spacial score (nSPS) is 16.8. The minimum Gasteiger partial charge on any atom is -0.497 e. The number of hydrogen-bond acceptors (Lipinski definition) is 4. The number of aromatic amines is 1. The van der Waals surface area contributed by atoms with Crippen molar-refractivity contribution in [3.63, 3.8) is 0 Å². The SMILES string of the molecule is COc1ccc(-c2[nH]ncc2CN2CCC(O)(c3ccc(Cl)cc3)CC2)cc1. The van der Waals surface area contributed by atoms with E-state index in [0.717, 1.165) is 47.8 Å². The van der Waals surface area contributed by atoms with Crippen molar-refractivity contribution in [3.8, 4) is 17.0 Å². The van der Waals surface area contributed by atoms with Crippen LogP contribution in [0.25, 0.3) is 11.3 Å². The highest BCUT2D eigenvalue weighted by atomic mass is 35.5. The van der Waals surface area contributed by atoms with E-state index in [4.69, 9.17) is 16.3 Å². The monoisotopic (exact) mass is 397 g/mol. The number of ether oxygens (including phenoxy) is 1. The quantitative estimate of drug-likeness (QED) is 0.676. The topological polar surface area (TPSA) is 61.4 Å². The summed E-state index contributed by atoms with van der Waals surface area (Å²) in [5, 5.41) is 19.1. The Hall–Kier alpha value is -2.34. The largest absolute Gasteiger partial charge is 0.497 e. The molecule has 146 valence electrons. The van der Waals surface area contributed by atoms with E-state index in [0.29, 0.717) is 17.9 Å². The van der Waals surface area contributed by atoms with Gasteiger partial charge in [0.2, 0.25) is 0 Å². The van der Waals surface area contributed by atoms with Gasteiger partial charge in [0.25, 0.3) is 0 Å². The first-order valence-corrected chi connectivity index (χ1v) is 9.83. The van der Waals surface area contributed by atoms with E-state index in [1.54, 1.807) is 7.11 Å². The molecule has 4 rings (SSSR count). The second-order valence-corrected chi connectivity index (χ2v) is 7.75. The minimum atomic E-state index is -0.781. The Morgan fingerprint density at radius 1 is 1.11 bits per heavy atom. The van der Waals surface area contributed by atoms with Gasteiger partial charge in [-0.15, -0.1) is 0 Å². The van der Waals surface area contributed by atoms with Crippen molar-refractivity contribution in [2.45, 2.75) is 25.0 Å². The number of piperidine rings is 1. The van der Waals surface area contributed by atoms with E-state index >= 15 is 0 Å². The summed E-state index contributed by atoms with van der Waals surface area (Å²) in [7, 11) is 1.66. The molecule has 2 aromatic carbocycles. The Morgan fingerprint density at radius 2 is 1.79 bits per heavy atom. The van der Waals surface area contributed by atoms with Crippen LogP contribution in [0.5, 0.6) is 5.75 Å². The van der Waals surface area contributed by atoms with E-state index in [2.05, 4.69) is 15.1 Å². The lowest BCUT2D eigenvalue weighted by Gasteiger charge is -2.38. The van der Waals surface area contributed by atoms with Crippen LogP contribution in [0.15, 0.2) is 54.7 Å². The first kappa shape index (κ1) is 19.0. The number of halogens is 1. The fourth-order valence-electron chi connectivity index (χ4n) is 3.81. The molecule has 0 atom stereocenters. The molecule has 3 aromatic rings. The molecule has 1 aliphatic heterocycles. The number of nitrogens with one attached hydrogen (secondary N) is 1. The lowest BCUT2D eigenvalue weighted by Crippen LogP contribution is -2.42.